The topological polar surface area (TPSA) is 153 Å². The molecule has 0 aromatic carbocycles. The fraction of sp³-hybridized carbons (Fsp3) is 0.684. The number of hydrogen-bond donors (Lipinski definition) is 2. The molecule has 1 aliphatic rings. The number of piperidine rings is 1. The number of oxime groups is 1. The molecule has 1 heterocycles. The second kappa shape index (κ2) is 12.7. The summed E-state index contributed by atoms with van der Waals surface area (Å²) in [5.41, 5.74) is 5.01. The van der Waals surface area contributed by atoms with Gasteiger partial charge in [0, 0.05) is 40.0 Å². The van der Waals surface area contributed by atoms with Crippen molar-refractivity contribution in [2.75, 3.05) is 53.6 Å². The number of aliphatic hydroxyl groups is 1. The molecular weight excluding hydrogens is 412 g/mol. The van der Waals surface area contributed by atoms with E-state index < -0.39 is 23.3 Å². The molecular formula is C19H32N4O8. The van der Waals surface area contributed by atoms with Gasteiger partial charge >= 0.3 is 18.0 Å². The molecule has 0 spiro atoms. The van der Waals surface area contributed by atoms with Crippen LogP contribution in [0.15, 0.2) is 17.0 Å². The highest BCUT2D eigenvalue weighted by molar-refractivity contribution is 5.95. The van der Waals surface area contributed by atoms with Crippen LogP contribution in [0.1, 0.15) is 26.7 Å². The predicted octanol–water partition coefficient (Wildman–Crippen LogP) is -0.190. The molecule has 2 amide bonds. The largest absolute Gasteiger partial charge is 0.463 e. The Balaban J connectivity index is 3.04. The Kier molecular flexibility index (Phi) is 10.8. The molecule has 0 atom stereocenters. The smallest absolute Gasteiger partial charge is 0.377 e. The van der Waals surface area contributed by atoms with Crippen LogP contribution in [0.4, 0.5) is 4.79 Å². The van der Waals surface area contributed by atoms with E-state index in [1.165, 1.54) is 4.90 Å². The van der Waals surface area contributed by atoms with Crippen molar-refractivity contribution >= 4 is 23.8 Å². The summed E-state index contributed by atoms with van der Waals surface area (Å²) >= 11 is 0. The van der Waals surface area contributed by atoms with E-state index in [1.54, 1.807) is 32.8 Å². The average molecular weight is 444 g/mol. The molecule has 31 heavy (non-hydrogen) atoms. The summed E-state index contributed by atoms with van der Waals surface area (Å²) in [5, 5.41) is 13.0. The van der Waals surface area contributed by atoms with Crippen molar-refractivity contribution in [1.29, 1.82) is 0 Å². The Labute approximate surface area is 181 Å². The number of rotatable bonds is 10. The van der Waals surface area contributed by atoms with Crippen molar-refractivity contribution < 1.29 is 38.5 Å². The minimum Gasteiger partial charge on any atom is -0.463 e. The zero-order chi connectivity index (χ0) is 23.4. The number of nitrogens with two attached hydrogens (primary N) is 1. The third-order valence-corrected chi connectivity index (χ3v) is 4.42. The lowest BCUT2D eigenvalue weighted by Crippen LogP contribution is -2.56. The number of nitrogens with zero attached hydrogens (tertiary/aromatic N) is 3. The highest BCUT2D eigenvalue weighted by atomic mass is 16.7. The van der Waals surface area contributed by atoms with Gasteiger partial charge in [-0.2, -0.15) is 0 Å². The molecule has 0 aromatic rings. The fourth-order valence-corrected chi connectivity index (χ4v) is 2.85. The summed E-state index contributed by atoms with van der Waals surface area (Å²) < 4.78 is 15.4. The molecule has 1 fully saturated rings. The number of likely N-dealkylation sites (tertiary alicyclic amines) is 1. The normalized spacial score (nSPS) is 16.5. The van der Waals surface area contributed by atoms with Crippen molar-refractivity contribution in [3.63, 3.8) is 0 Å². The van der Waals surface area contributed by atoms with E-state index in [0.717, 1.165) is 6.08 Å². The SMILES string of the molecule is CCOC(=O)C=C(ON=C(N)C1(OCCO)CCN(C(=O)N(C)C)CC1)C(=O)OCC. The molecule has 1 saturated heterocycles. The van der Waals surface area contributed by atoms with Gasteiger partial charge in [0.25, 0.3) is 0 Å². The highest BCUT2D eigenvalue weighted by Crippen LogP contribution is 2.28. The first-order valence-corrected chi connectivity index (χ1v) is 9.98. The van der Waals surface area contributed by atoms with Crippen molar-refractivity contribution in [3.8, 4) is 0 Å². The number of carbonyl (C=O) groups excluding carboxylic acids is 3. The van der Waals surface area contributed by atoms with Gasteiger partial charge in [0.15, 0.2) is 5.84 Å². The molecule has 0 saturated carbocycles. The number of amidine groups is 1. The zero-order valence-corrected chi connectivity index (χ0v) is 18.5. The maximum absolute atomic E-state index is 12.2. The zero-order valence-electron chi connectivity index (χ0n) is 18.5. The number of esters is 2. The number of hydrogen-bond acceptors (Lipinski definition) is 9. The Bertz CT molecular complexity index is 684. The van der Waals surface area contributed by atoms with Crippen LogP contribution in [0.3, 0.4) is 0 Å². The fourth-order valence-electron chi connectivity index (χ4n) is 2.85. The third kappa shape index (κ3) is 7.72. The minimum absolute atomic E-state index is 0.0127. The van der Waals surface area contributed by atoms with Gasteiger partial charge in [0.05, 0.1) is 32.5 Å². The van der Waals surface area contributed by atoms with Crippen LogP contribution < -0.4 is 5.73 Å². The molecule has 3 N–H and O–H groups in total. The molecule has 0 aliphatic carbocycles. The van der Waals surface area contributed by atoms with E-state index in [0.29, 0.717) is 25.9 Å². The number of aliphatic hydroxyl groups excluding tert-OH is 1. The molecule has 0 aromatic heterocycles. The number of urea groups is 1. The Hall–Kier alpha value is -2.86. The standard InChI is InChI=1S/C19H32N4O8/c1-5-28-15(25)13-14(16(26)29-6-2)31-21-17(20)19(30-12-11-24)7-9-23(10-8-19)18(27)22(3)4/h13,24H,5-12H2,1-4H3,(H2,20,21). The second-order valence-electron chi connectivity index (χ2n) is 6.78. The number of ether oxygens (including phenoxy) is 3. The summed E-state index contributed by atoms with van der Waals surface area (Å²) in [6.45, 7) is 3.79. The van der Waals surface area contributed by atoms with E-state index in [9.17, 15) is 19.5 Å². The summed E-state index contributed by atoms with van der Waals surface area (Å²) in [6, 6.07) is -0.149. The second-order valence-corrected chi connectivity index (χ2v) is 6.78. The van der Waals surface area contributed by atoms with Crippen LogP contribution in [-0.4, -0.2) is 97.9 Å². The molecule has 0 unspecified atom stereocenters. The van der Waals surface area contributed by atoms with E-state index in [1.807, 2.05) is 0 Å². The van der Waals surface area contributed by atoms with Gasteiger partial charge in [0.1, 0.15) is 5.60 Å². The summed E-state index contributed by atoms with van der Waals surface area (Å²) in [6.07, 6.45) is 1.40. The third-order valence-electron chi connectivity index (χ3n) is 4.42. The van der Waals surface area contributed by atoms with Crippen LogP contribution in [0.5, 0.6) is 0 Å². The van der Waals surface area contributed by atoms with Crippen molar-refractivity contribution in [2.24, 2.45) is 10.9 Å². The van der Waals surface area contributed by atoms with Gasteiger partial charge in [-0.3, -0.25) is 0 Å². The molecule has 12 nitrogen and oxygen atoms in total. The maximum atomic E-state index is 12.2. The molecule has 1 aliphatic heterocycles. The summed E-state index contributed by atoms with van der Waals surface area (Å²) in [7, 11) is 3.31. The van der Waals surface area contributed by atoms with Gasteiger partial charge in [-0.25, -0.2) is 14.4 Å². The first kappa shape index (κ1) is 26.2. The molecule has 0 bridgehead atoms. The van der Waals surface area contributed by atoms with Crippen LogP contribution in [0.25, 0.3) is 0 Å². The molecule has 0 radical (unpaired) electrons. The van der Waals surface area contributed by atoms with Crippen LogP contribution >= 0.6 is 0 Å². The average Bonchev–Trinajstić information content (AvgIpc) is 2.75. The van der Waals surface area contributed by atoms with Crippen LogP contribution in [0, 0.1) is 0 Å². The van der Waals surface area contributed by atoms with Crippen molar-refractivity contribution in [3.05, 3.63) is 11.8 Å². The van der Waals surface area contributed by atoms with E-state index in [4.69, 9.17) is 24.8 Å². The van der Waals surface area contributed by atoms with Gasteiger partial charge in [-0.05, 0) is 13.8 Å². The van der Waals surface area contributed by atoms with Gasteiger partial charge in [-0.1, -0.05) is 5.16 Å². The van der Waals surface area contributed by atoms with Crippen molar-refractivity contribution in [2.45, 2.75) is 32.3 Å². The lowest BCUT2D eigenvalue weighted by atomic mass is 9.90. The van der Waals surface area contributed by atoms with Gasteiger partial charge in [0.2, 0.25) is 5.76 Å². The minimum atomic E-state index is -1.12. The quantitative estimate of drug-likeness (QED) is 0.117. The molecule has 12 heteroatoms. The van der Waals surface area contributed by atoms with E-state index in [2.05, 4.69) is 5.16 Å². The molecule has 1 rings (SSSR count). The first-order chi connectivity index (χ1) is 14.7. The van der Waals surface area contributed by atoms with Gasteiger partial charge < -0.3 is 39.7 Å². The van der Waals surface area contributed by atoms with Gasteiger partial charge in [-0.15, -0.1) is 0 Å². The number of amides is 2. The Morgan fingerprint density at radius 1 is 1.16 bits per heavy atom. The lowest BCUT2D eigenvalue weighted by Gasteiger charge is -2.41. The maximum Gasteiger partial charge on any atom is 0.377 e. The Morgan fingerprint density at radius 3 is 2.29 bits per heavy atom. The summed E-state index contributed by atoms with van der Waals surface area (Å²) in [4.78, 5) is 44.2. The molecule has 176 valence electrons. The van der Waals surface area contributed by atoms with Crippen LogP contribution in [-0.2, 0) is 28.6 Å². The van der Waals surface area contributed by atoms with E-state index >= 15 is 0 Å². The highest BCUT2D eigenvalue weighted by Gasteiger charge is 2.41. The van der Waals surface area contributed by atoms with Crippen LogP contribution in [0.2, 0.25) is 0 Å². The summed E-state index contributed by atoms with van der Waals surface area (Å²) in [5.74, 6) is -2.32. The predicted molar refractivity (Wildman–Crippen MR) is 110 cm³/mol. The monoisotopic (exact) mass is 444 g/mol. The van der Waals surface area contributed by atoms with E-state index in [-0.39, 0.29) is 38.3 Å². The first-order valence-electron chi connectivity index (χ1n) is 9.98. The number of carbonyl (C=O) groups is 3. The lowest BCUT2D eigenvalue weighted by molar-refractivity contribution is -0.144. The Morgan fingerprint density at radius 2 is 1.77 bits per heavy atom. The van der Waals surface area contributed by atoms with Crippen molar-refractivity contribution in [1.82, 2.24) is 9.80 Å².